The van der Waals surface area contributed by atoms with E-state index in [0.29, 0.717) is 13.8 Å². The first-order valence-corrected chi connectivity index (χ1v) is 12.2. The van der Waals surface area contributed by atoms with Crippen molar-refractivity contribution in [2.75, 3.05) is 18.5 Å². The molecular formula is C25H22ClF10N3O4. The Morgan fingerprint density at radius 2 is 1.47 bits per heavy atom. The van der Waals surface area contributed by atoms with E-state index in [1.165, 1.54) is 17.4 Å². The van der Waals surface area contributed by atoms with Crippen LogP contribution in [0.1, 0.15) is 40.1 Å². The number of anilines is 1. The standard InChI is InChI=1S/C25H22ClF10N3O4/c1-22(2,24(31,32)33)21(42)37-9-12-3-5-16(26)14(7-12)20(41)39-13-4-6-17(43-10-18(27)28)15(8-13)19(40)38-11-23(29,30)25(34,35)36/h3-8,18H,9-11H2,1-2H3,(H,37,42)(H,38,40)(H,39,41). The molecule has 0 aliphatic rings. The summed E-state index contributed by atoms with van der Waals surface area (Å²) < 4.78 is 133. The molecule has 0 unspecified atom stereocenters. The minimum atomic E-state index is -6.00. The van der Waals surface area contributed by atoms with Crippen LogP contribution >= 0.6 is 11.6 Å². The van der Waals surface area contributed by atoms with Gasteiger partial charge in [-0.25, -0.2) is 8.78 Å². The Labute approximate surface area is 241 Å². The third-order valence-corrected chi connectivity index (χ3v) is 6.07. The molecule has 0 aliphatic heterocycles. The van der Waals surface area contributed by atoms with Crippen LogP contribution in [0.25, 0.3) is 0 Å². The highest BCUT2D eigenvalue weighted by molar-refractivity contribution is 6.34. The normalized spacial score (nSPS) is 12.6. The van der Waals surface area contributed by atoms with Gasteiger partial charge in [0.1, 0.15) is 17.8 Å². The number of nitrogens with one attached hydrogen (secondary N) is 3. The second-order valence-electron chi connectivity index (χ2n) is 9.37. The first kappa shape index (κ1) is 35.4. The van der Waals surface area contributed by atoms with E-state index in [1.807, 2.05) is 0 Å². The van der Waals surface area contributed by atoms with Crippen molar-refractivity contribution in [3.05, 3.63) is 58.1 Å². The zero-order valence-electron chi connectivity index (χ0n) is 22.0. The van der Waals surface area contributed by atoms with E-state index in [2.05, 4.69) is 10.6 Å². The summed E-state index contributed by atoms with van der Waals surface area (Å²) in [6.07, 6.45) is -13.9. The number of hydrogen-bond donors (Lipinski definition) is 3. The molecular weight excluding hydrogens is 632 g/mol. The Morgan fingerprint density at radius 1 is 0.837 bits per heavy atom. The predicted molar refractivity (Wildman–Crippen MR) is 132 cm³/mol. The van der Waals surface area contributed by atoms with Gasteiger partial charge in [0.2, 0.25) is 5.91 Å². The summed E-state index contributed by atoms with van der Waals surface area (Å²) in [5.41, 5.74) is -3.94. The molecule has 2 aromatic carbocycles. The average Bonchev–Trinajstić information content (AvgIpc) is 2.88. The van der Waals surface area contributed by atoms with Crippen molar-refractivity contribution in [3.63, 3.8) is 0 Å². The van der Waals surface area contributed by atoms with Crippen molar-refractivity contribution in [3.8, 4) is 5.75 Å². The van der Waals surface area contributed by atoms with Crippen molar-refractivity contribution in [2.24, 2.45) is 5.41 Å². The average molecular weight is 654 g/mol. The predicted octanol–water partition coefficient (Wildman–Crippen LogP) is 6.37. The molecule has 0 bridgehead atoms. The molecule has 43 heavy (non-hydrogen) atoms. The first-order chi connectivity index (χ1) is 19.6. The van der Waals surface area contributed by atoms with Gasteiger partial charge in [0.25, 0.3) is 18.2 Å². The van der Waals surface area contributed by atoms with Crippen molar-refractivity contribution >= 4 is 35.0 Å². The molecule has 18 heteroatoms. The summed E-state index contributed by atoms with van der Waals surface area (Å²) in [6.45, 7) is -2.57. The maximum Gasteiger partial charge on any atom is 0.455 e. The molecule has 0 fully saturated rings. The van der Waals surface area contributed by atoms with Crippen LogP contribution in [0.3, 0.4) is 0 Å². The van der Waals surface area contributed by atoms with Crippen LogP contribution in [0.4, 0.5) is 49.6 Å². The van der Waals surface area contributed by atoms with Crippen molar-refractivity contribution in [1.82, 2.24) is 10.6 Å². The maximum absolute atomic E-state index is 13.3. The van der Waals surface area contributed by atoms with Gasteiger partial charge in [0.15, 0.2) is 0 Å². The molecule has 0 spiro atoms. The molecule has 3 N–H and O–H groups in total. The zero-order valence-corrected chi connectivity index (χ0v) is 22.7. The van der Waals surface area contributed by atoms with Gasteiger partial charge in [-0.1, -0.05) is 17.7 Å². The Morgan fingerprint density at radius 3 is 2.02 bits per heavy atom. The third kappa shape index (κ3) is 9.11. The smallest absolute Gasteiger partial charge is 0.455 e. The number of hydrogen-bond acceptors (Lipinski definition) is 4. The fourth-order valence-corrected chi connectivity index (χ4v) is 3.24. The number of alkyl halides is 10. The summed E-state index contributed by atoms with van der Waals surface area (Å²) >= 11 is 6.04. The van der Waals surface area contributed by atoms with Crippen LogP contribution in [0, 0.1) is 5.41 Å². The number of rotatable bonds is 11. The number of halogens is 11. The lowest BCUT2D eigenvalue weighted by molar-refractivity contribution is -0.278. The largest absolute Gasteiger partial charge is 0.487 e. The Kier molecular flexibility index (Phi) is 10.9. The summed E-state index contributed by atoms with van der Waals surface area (Å²) in [4.78, 5) is 37.4. The first-order valence-electron chi connectivity index (χ1n) is 11.8. The molecule has 0 aliphatic carbocycles. The summed E-state index contributed by atoms with van der Waals surface area (Å²) in [5.74, 6) is -9.90. The van der Waals surface area contributed by atoms with Crippen molar-refractivity contribution in [1.29, 1.82) is 0 Å². The number of carbonyl (C=O) groups excluding carboxylic acids is 3. The number of amides is 3. The second kappa shape index (κ2) is 13.3. The highest BCUT2D eigenvalue weighted by atomic mass is 35.5. The van der Waals surface area contributed by atoms with Crippen molar-refractivity contribution in [2.45, 2.75) is 45.1 Å². The van der Waals surface area contributed by atoms with E-state index >= 15 is 0 Å². The molecule has 3 amide bonds. The molecule has 238 valence electrons. The number of carbonyl (C=O) groups is 3. The second-order valence-corrected chi connectivity index (χ2v) is 9.78. The Hall–Kier alpha value is -3.76. The maximum atomic E-state index is 13.3. The van der Waals surface area contributed by atoms with Crippen LogP contribution in [-0.2, 0) is 11.3 Å². The van der Waals surface area contributed by atoms with E-state index in [4.69, 9.17) is 16.3 Å². The van der Waals surface area contributed by atoms with Crippen LogP contribution in [0.5, 0.6) is 5.75 Å². The van der Waals surface area contributed by atoms with Crippen LogP contribution in [0.2, 0.25) is 5.02 Å². The summed E-state index contributed by atoms with van der Waals surface area (Å²) in [5, 5.41) is 5.49. The zero-order chi connectivity index (χ0) is 33.0. The Bertz CT molecular complexity index is 1350. The lowest BCUT2D eigenvalue weighted by atomic mass is 9.91. The van der Waals surface area contributed by atoms with E-state index in [1.54, 1.807) is 0 Å². The molecule has 2 aromatic rings. The van der Waals surface area contributed by atoms with Gasteiger partial charge < -0.3 is 20.7 Å². The molecule has 0 radical (unpaired) electrons. The molecule has 0 saturated heterocycles. The topological polar surface area (TPSA) is 96.5 Å². The molecule has 0 saturated carbocycles. The molecule has 7 nitrogen and oxygen atoms in total. The fraction of sp³-hybridized carbons (Fsp3) is 0.400. The molecule has 2 rings (SSSR count). The molecule has 0 aromatic heterocycles. The van der Waals surface area contributed by atoms with E-state index in [0.717, 1.165) is 24.3 Å². The quantitative estimate of drug-likeness (QED) is 0.246. The third-order valence-electron chi connectivity index (χ3n) is 5.74. The van der Waals surface area contributed by atoms with Crippen LogP contribution in [0.15, 0.2) is 36.4 Å². The van der Waals surface area contributed by atoms with E-state index < -0.39 is 78.8 Å². The van der Waals surface area contributed by atoms with Gasteiger partial charge in [0, 0.05) is 12.2 Å². The van der Waals surface area contributed by atoms with Gasteiger partial charge in [-0.05, 0) is 49.7 Å². The van der Waals surface area contributed by atoms with Gasteiger partial charge in [-0.3, -0.25) is 14.4 Å². The molecule has 0 atom stereocenters. The lowest BCUT2D eigenvalue weighted by Crippen LogP contribution is -2.46. The van der Waals surface area contributed by atoms with Gasteiger partial charge in [-0.2, -0.15) is 35.1 Å². The minimum Gasteiger partial charge on any atom is -0.487 e. The van der Waals surface area contributed by atoms with Gasteiger partial charge in [-0.15, -0.1) is 0 Å². The van der Waals surface area contributed by atoms with Crippen LogP contribution in [-0.4, -0.2) is 55.6 Å². The highest BCUT2D eigenvalue weighted by Crippen LogP contribution is 2.38. The highest BCUT2D eigenvalue weighted by Gasteiger charge is 2.57. The van der Waals surface area contributed by atoms with Gasteiger partial charge >= 0.3 is 18.3 Å². The SMILES string of the molecule is CC(C)(C(=O)NCc1ccc(Cl)c(C(=O)Nc2ccc(OCC(F)F)c(C(=O)NCC(F)(F)C(F)(F)F)c2)c1)C(F)(F)F. The van der Waals surface area contributed by atoms with Crippen LogP contribution < -0.4 is 20.7 Å². The summed E-state index contributed by atoms with van der Waals surface area (Å²) in [7, 11) is 0. The van der Waals surface area contributed by atoms with Gasteiger partial charge in [0.05, 0.1) is 22.7 Å². The van der Waals surface area contributed by atoms with Crippen molar-refractivity contribution < 1.29 is 63.0 Å². The monoisotopic (exact) mass is 653 g/mol. The summed E-state index contributed by atoms with van der Waals surface area (Å²) in [6, 6.07) is 6.24. The fourth-order valence-electron chi connectivity index (χ4n) is 3.04. The lowest BCUT2D eigenvalue weighted by Gasteiger charge is -2.26. The van der Waals surface area contributed by atoms with E-state index in [-0.39, 0.29) is 21.8 Å². The number of ether oxygens (including phenoxy) is 1. The van der Waals surface area contributed by atoms with E-state index in [9.17, 15) is 58.3 Å². The minimum absolute atomic E-state index is 0.141. The molecule has 0 heterocycles. The Balaban J connectivity index is 2.28. The number of benzene rings is 2.